The molecule has 1 fully saturated rings. The Hall–Kier alpha value is -6.00. The molecule has 0 radical (unpaired) electrons. The van der Waals surface area contributed by atoms with Crippen molar-refractivity contribution in [2.75, 3.05) is 14.7 Å². The number of hydrogen-bond donors (Lipinski definition) is 0. The van der Waals surface area contributed by atoms with Crippen LogP contribution in [0.15, 0.2) is 146 Å². The highest BCUT2D eigenvalue weighted by atomic mass is 15.3. The minimum Gasteiger partial charge on any atom is -0.334 e. The van der Waals surface area contributed by atoms with Crippen LogP contribution in [0.5, 0.6) is 0 Å². The first-order valence-corrected chi connectivity index (χ1v) is 24.5. The van der Waals surface area contributed by atoms with E-state index in [4.69, 9.17) is 0 Å². The molecule has 6 aliphatic rings. The van der Waals surface area contributed by atoms with Crippen LogP contribution in [0.25, 0.3) is 0 Å². The zero-order valence-corrected chi connectivity index (χ0v) is 39.5. The summed E-state index contributed by atoms with van der Waals surface area (Å²) in [5.74, 6) is 0. The zero-order valence-electron chi connectivity index (χ0n) is 39.5. The predicted octanol–water partition coefficient (Wildman–Crippen LogP) is 13.3. The fraction of sp³-hybridized carbons (Fsp3) is 0.311. The van der Waals surface area contributed by atoms with Crippen molar-refractivity contribution in [3.8, 4) is 0 Å². The molecule has 4 aliphatic heterocycles. The minimum absolute atomic E-state index is 0.0233. The van der Waals surface area contributed by atoms with E-state index in [1.54, 1.807) is 0 Å². The molecule has 7 aromatic rings. The molecular formula is C61H60BN3. The average molecular weight is 846 g/mol. The van der Waals surface area contributed by atoms with Crippen LogP contribution < -0.4 is 31.1 Å². The van der Waals surface area contributed by atoms with E-state index in [0.717, 1.165) is 25.7 Å². The van der Waals surface area contributed by atoms with Crippen molar-refractivity contribution in [2.24, 2.45) is 0 Å². The summed E-state index contributed by atoms with van der Waals surface area (Å²) in [5, 5.41) is 0. The summed E-state index contributed by atoms with van der Waals surface area (Å²) in [5.41, 5.74) is 24.1. The maximum Gasteiger partial charge on any atom is 0.252 e. The summed E-state index contributed by atoms with van der Waals surface area (Å²) in [7, 11) is 0. The van der Waals surface area contributed by atoms with Crippen LogP contribution in [-0.2, 0) is 28.2 Å². The third-order valence-corrected chi connectivity index (χ3v) is 18.0. The van der Waals surface area contributed by atoms with Gasteiger partial charge in [-0.05, 0) is 156 Å². The van der Waals surface area contributed by atoms with E-state index >= 15 is 0 Å². The number of aryl methyl sites for hydroxylation is 3. The Balaban J connectivity index is 1.17. The van der Waals surface area contributed by atoms with Crippen LogP contribution in [0.1, 0.15) is 118 Å². The smallest absolute Gasteiger partial charge is 0.252 e. The monoisotopic (exact) mass is 845 g/mol. The third-order valence-electron chi connectivity index (χ3n) is 18.0. The molecule has 1 saturated carbocycles. The Morgan fingerprint density at radius 3 is 2.09 bits per heavy atom. The van der Waals surface area contributed by atoms with Crippen LogP contribution >= 0.6 is 0 Å². The highest BCUT2D eigenvalue weighted by Gasteiger charge is 2.65. The highest BCUT2D eigenvalue weighted by Crippen LogP contribution is 2.67. The van der Waals surface area contributed by atoms with Crippen molar-refractivity contribution < 1.29 is 0 Å². The zero-order chi connectivity index (χ0) is 44.4. The van der Waals surface area contributed by atoms with Gasteiger partial charge in [0.2, 0.25) is 0 Å². The van der Waals surface area contributed by atoms with Crippen molar-refractivity contribution in [3.63, 3.8) is 0 Å². The molecule has 0 spiro atoms. The van der Waals surface area contributed by atoms with Gasteiger partial charge in [-0.2, -0.15) is 0 Å². The van der Waals surface area contributed by atoms with Gasteiger partial charge in [-0.3, -0.25) is 0 Å². The Kier molecular flexibility index (Phi) is 7.93. The number of hydrogen-bond acceptors (Lipinski definition) is 3. The molecule has 13 rings (SSSR count). The molecule has 4 heterocycles. The lowest BCUT2D eigenvalue weighted by Gasteiger charge is -2.54. The van der Waals surface area contributed by atoms with Crippen molar-refractivity contribution in [2.45, 2.75) is 121 Å². The first-order valence-electron chi connectivity index (χ1n) is 24.5. The lowest BCUT2D eigenvalue weighted by atomic mass is 9.33. The summed E-state index contributed by atoms with van der Waals surface area (Å²) in [6, 6.07) is 57.7. The molecular weight excluding hydrogens is 786 g/mol. The molecule has 0 bridgehead atoms. The van der Waals surface area contributed by atoms with Gasteiger partial charge in [0.25, 0.3) is 6.71 Å². The molecule has 65 heavy (non-hydrogen) atoms. The second-order valence-corrected chi connectivity index (χ2v) is 22.3. The number of rotatable bonds is 3. The van der Waals surface area contributed by atoms with E-state index in [2.05, 4.69) is 216 Å². The minimum atomic E-state index is -0.313. The standard InChI is InChI=1S/C61H60BN3/c1-39-18-16-22-44(34-39)63-52-35-40(2)26-28-49(52)62-50-25-17-24-47-56(50)65(60(8)46-23-13-12-19-41(46)30-33-58(47,60)6)54-38-45(37-53(63)55(54)62)64-51-29-27-43(57(3,4)5)36-48(51)61(42-20-10-9-11-21-42)32-15-14-31-59(61,64)7/h9-13,16-29,34-38H,14-15,30-33H2,1-8H3. The molecule has 322 valence electrons. The van der Waals surface area contributed by atoms with E-state index in [-0.39, 0.29) is 34.0 Å². The largest absolute Gasteiger partial charge is 0.334 e. The Bertz CT molecular complexity index is 3160. The van der Waals surface area contributed by atoms with Gasteiger partial charge in [0, 0.05) is 50.6 Å². The normalized spacial score (nSPS) is 25.3. The van der Waals surface area contributed by atoms with Gasteiger partial charge >= 0.3 is 0 Å². The summed E-state index contributed by atoms with van der Waals surface area (Å²) in [6.07, 6.45) is 6.86. The van der Waals surface area contributed by atoms with E-state index < -0.39 is 0 Å². The molecule has 7 aromatic carbocycles. The third kappa shape index (κ3) is 4.83. The average Bonchev–Trinajstić information content (AvgIpc) is 3.67. The first kappa shape index (κ1) is 39.4. The van der Waals surface area contributed by atoms with Crippen LogP contribution in [0.2, 0.25) is 0 Å². The molecule has 3 nitrogen and oxygen atoms in total. The Morgan fingerprint density at radius 2 is 1.28 bits per heavy atom. The number of anilines is 7. The summed E-state index contributed by atoms with van der Waals surface area (Å²) in [4.78, 5) is 8.39. The van der Waals surface area contributed by atoms with Gasteiger partial charge in [-0.15, -0.1) is 0 Å². The van der Waals surface area contributed by atoms with Crippen molar-refractivity contribution in [1.29, 1.82) is 0 Å². The van der Waals surface area contributed by atoms with Gasteiger partial charge in [0.1, 0.15) is 0 Å². The van der Waals surface area contributed by atoms with Crippen molar-refractivity contribution >= 4 is 62.9 Å². The molecule has 0 aromatic heterocycles. The lowest BCUT2D eigenvalue weighted by molar-refractivity contribution is 0.215. The Labute approximate surface area is 387 Å². The van der Waals surface area contributed by atoms with Crippen molar-refractivity contribution in [3.05, 3.63) is 190 Å². The molecule has 0 saturated heterocycles. The van der Waals surface area contributed by atoms with Crippen LogP contribution in [0.4, 0.5) is 39.8 Å². The number of para-hydroxylation sites is 1. The molecule has 0 N–H and O–H groups in total. The Morgan fingerprint density at radius 1 is 0.538 bits per heavy atom. The quantitative estimate of drug-likeness (QED) is 0.164. The van der Waals surface area contributed by atoms with Crippen LogP contribution in [0.3, 0.4) is 0 Å². The SMILES string of the molecule is Cc1cccc(N2c3cc(C)ccc3B3c4cccc5c4N(c4cc(N6c7ccc(C(C)(C)C)cc7C7(c8ccccc8)CCCCC67C)cc2c43)C2(C)c3ccccc3CCC52C)c1. The number of nitrogens with zero attached hydrogens (tertiary/aromatic N) is 3. The first-order chi connectivity index (χ1) is 31.3. The maximum atomic E-state index is 2.88. The summed E-state index contributed by atoms with van der Waals surface area (Å²) in [6.45, 7) is 19.5. The molecule has 0 amide bonds. The van der Waals surface area contributed by atoms with E-state index in [0.29, 0.717) is 0 Å². The number of fused-ring (bicyclic) bond motifs is 12. The lowest BCUT2D eigenvalue weighted by Crippen LogP contribution is -2.64. The number of benzene rings is 7. The van der Waals surface area contributed by atoms with Gasteiger partial charge in [0.05, 0.1) is 11.1 Å². The van der Waals surface area contributed by atoms with Crippen LogP contribution in [0, 0.1) is 13.8 Å². The van der Waals surface area contributed by atoms with Gasteiger partial charge in [-0.1, -0.05) is 150 Å². The second kappa shape index (κ2) is 13.1. The second-order valence-electron chi connectivity index (χ2n) is 22.3. The van der Waals surface area contributed by atoms with Crippen LogP contribution in [-0.4, -0.2) is 12.3 Å². The maximum absolute atomic E-state index is 2.88. The molecule has 4 heteroatoms. The predicted molar refractivity (Wildman–Crippen MR) is 275 cm³/mol. The molecule has 4 atom stereocenters. The van der Waals surface area contributed by atoms with E-state index in [9.17, 15) is 0 Å². The molecule has 2 aliphatic carbocycles. The summed E-state index contributed by atoms with van der Waals surface area (Å²) < 4.78 is 0. The summed E-state index contributed by atoms with van der Waals surface area (Å²) >= 11 is 0. The van der Waals surface area contributed by atoms with Gasteiger partial charge < -0.3 is 14.7 Å². The highest BCUT2D eigenvalue weighted by molar-refractivity contribution is 7.00. The fourth-order valence-electron chi connectivity index (χ4n) is 14.8. The van der Waals surface area contributed by atoms with Crippen molar-refractivity contribution in [1.82, 2.24) is 0 Å². The molecule has 4 unspecified atom stereocenters. The van der Waals surface area contributed by atoms with Gasteiger partial charge in [0.15, 0.2) is 0 Å². The van der Waals surface area contributed by atoms with E-state index in [1.165, 1.54) is 114 Å². The van der Waals surface area contributed by atoms with Gasteiger partial charge in [-0.25, -0.2) is 0 Å². The topological polar surface area (TPSA) is 9.72 Å². The fourth-order valence-corrected chi connectivity index (χ4v) is 14.8. The van der Waals surface area contributed by atoms with E-state index in [1.807, 2.05) is 0 Å².